The molecule has 0 aromatic carbocycles. The molecule has 33 heavy (non-hydrogen) atoms. The van der Waals surface area contributed by atoms with Crippen LogP contribution in [0.4, 0.5) is 26.3 Å². The number of alkyl halides is 6. The van der Waals surface area contributed by atoms with E-state index in [1.165, 1.54) is 0 Å². The Morgan fingerprint density at radius 3 is 2.00 bits per heavy atom. The van der Waals surface area contributed by atoms with Gasteiger partial charge in [0.2, 0.25) is 0 Å². The van der Waals surface area contributed by atoms with Crippen LogP contribution in [0.5, 0.6) is 0 Å². The normalized spacial score (nSPS) is 31.6. The summed E-state index contributed by atoms with van der Waals surface area (Å²) in [7, 11) is 0. The molecule has 2 rings (SSSR count). The summed E-state index contributed by atoms with van der Waals surface area (Å²) in [5.74, 6) is 0.0393. The van der Waals surface area contributed by atoms with Gasteiger partial charge in [-0.2, -0.15) is 26.3 Å². The average molecular weight is 489 g/mol. The minimum absolute atomic E-state index is 0.0127. The molecule has 2 saturated carbocycles. The molecular weight excluding hydrogens is 450 g/mol. The van der Waals surface area contributed by atoms with E-state index in [9.17, 15) is 41.7 Å². The van der Waals surface area contributed by atoms with Gasteiger partial charge in [0.25, 0.3) is 5.60 Å². The van der Waals surface area contributed by atoms with Gasteiger partial charge >= 0.3 is 12.4 Å². The van der Waals surface area contributed by atoms with Gasteiger partial charge in [-0.05, 0) is 87.5 Å². The van der Waals surface area contributed by atoms with Gasteiger partial charge in [0.1, 0.15) is 0 Å². The monoisotopic (exact) mass is 488 g/mol. The lowest BCUT2D eigenvalue weighted by Gasteiger charge is -2.50. The van der Waals surface area contributed by atoms with Gasteiger partial charge in [-0.15, -0.1) is 0 Å². The zero-order chi connectivity index (χ0) is 25.5. The molecule has 0 amide bonds. The lowest BCUT2D eigenvalue weighted by atomic mass is 9.56. The van der Waals surface area contributed by atoms with E-state index < -0.39 is 35.1 Å². The zero-order valence-electron chi connectivity index (χ0n) is 19.9. The first kappa shape index (κ1) is 28.4. The van der Waals surface area contributed by atoms with Crippen molar-refractivity contribution < 1.29 is 41.7 Å². The van der Waals surface area contributed by atoms with Crippen molar-refractivity contribution >= 4 is 0 Å². The Bertz CT molecular complexity index is 682. The highest BCUT2D eigenvalue weighted by molar-refractivity contribution is 5.13. The molecule has 0 heterocycles. The van der Waals surface area contributed by atoms with Crippen molar-refractivity contribution in [1.82, 2.24) is 0 Å². The average Bonchev–Trinajstić information content (AvgIpc) is 2.97. The molecule has 2 fully saturated rings. The zero-order valence-corrected chi connectivity index (χ0v) is 19.9. The molecule has 5 atom stereocenters. The van der Waals surface area contributed by atoms with Gasteiger partial charge in [-0.1, -0.05) is 32.8 Å². The molecule has 0 radical (unpaired) electrons. The highest BCUT2D eigenvalue weighted by Crippen LogP contribution is 2.62. The summed E-state index contributed by atoms with van der Waals surface area (Å²) in [4.78, 5) is 0. The SMILES string of the molecule is CC(C)(O)CCCC(C)(C/C=C/C(O)(C(F)(F)F)C(F)(F)F)[C@H]1CCC2[C@@H](O)CCC[C@@]21C. The van der Waals surface area contributed by atoms with E-state index in [0.29, 0.717) is 25.7 Å². The van der Waals surface area contributed by atoms with Crippen molar-refractivity contribution in [2.45, 2.75) is 115 Å². The van der Waals surface area contributed by atoms with Crippen LogP contribution in [0.2, 0.25) is 0 Å². The maximum Gasteiger partial charge on any atom is 0.429 e. The second-order valence-electron chi connectivity index (χ2n) is 11.4. The highest BCUT2D eigenvalue weighted by atomic mass is 19.4. The van der Waals surface area contributed by atoms with Crippen LogP contribution in [0.15, 0.2) is 12.2 Å². The third-order valence-corrected chi connectivity index (χ3v) is 8.27. The van der Waals surface area contributed by atoms with Crippen LogP contribution in [0, 0.1) is 22.7 Å². The van der Waals surface area contributed by atoms with E-state index in [1.807, 2.05) is 6.92 Å². The van der Waals surface area contributed by atoms with E-state index in [1.54, 1.807) is 13.8 Å². The minimum atomic E-state index is -5.89. The molecule has 194 valence electrons. The number of aliphatic hydroxyl groups excluding tert-OH is 1. The summed E-state index contributed by atoms with van der Waals surface area (Å²) in [6.07, 6.45) is -6.29. The molecule has 2 aliphatic rings. The molecule has 2 unspecified atom stereocenters. The van der Waals surface area contributed by atoms with Gasteiger partial charge in [0.05, 0.1) is 11.7 Å². The van der Waals surface area contributed by atoms with Crippen LogP contribution in [0.1, 0.15) is 85.5 Å². The number of hydrogen-bond acceptors (Lipinski definition) is 3. The molecule has 0 bridgehead atoms. The van der Waals surface area contributed by atoms with Gasteiger partial charge < -0.3 is 15.3 Å². The van der Waals surface area contributed by atoms with E-state index >= 15 is 0 Å². The first-order chi connectivity index (χ1) is 14.8. The predicted octanol–water partition coefficient (Wildman–Crippen LogP) is 6.31. The standard InChI is InChI=1S/C24H38F6O3/c1-19(2,32)11-6-12-20(3,13-7-15-22(33,23(25,26)27)24(28,29)30)18-10-9-16-17(31)8-5-14-21(16,18)4/h7,15-18,31-33H,5-6,8-14H2,1-4H3/b15-7+/t16?,17-,18+,20?,21-/m0/s1. The quantitative estimate of drug-likeness (QED) is 0.277. The topological polar surface area (TPSA) is 60.7 Å². The summed E-state index contributed by atoms with van der Waals surface area (Å²) < 4.78 is 78.6. The summed E-state index contributed by atoms with van der Waals surface area (Å²) in [6, 6.07) is 0. The maximum atomic E-state index is 13.1. The molecule has 9 heteroatoms. The molecule has 2 aliphatic carbocycles. The van der Waals surface area contributed by atoms with E-state index in [2.05, 4.69) is 6.92 Å². The Morgan fingerprint density at radius 2 is 1.48 bits per heavy atom. The lowest BCUT2D eigenvalue weighted by Crippen LogP contribution is -2.55. The summed E-state index contributed by atoms with van der Waals surface area (Å²) in [6.45, 7) is 7.27. The molecule has 0 aromatic rings. The lowest BCUT2D eigenvalue weighted by molar-refractivity contribution is -0.347. The molecular formula is C24H38F6O3. The van der Waals surface area contributed by atoms with Gasteiger partial charge in [0, 0.05) is 0 Å². The Hall–Kier alpha value is -0.800. The summed E-state index contributed by atoms with van der Waals surface area (Å²) in [5, 5.41) is 30.1. The van der Waals surface area contributed by atoms with Crippen molar-refractivity contribution in [2.75, 3.05) is 0 Å². The van der Waals surface area contributed by atoms with Crippen LogP contribution in [0.25, 0.3) is 0 Å². The third kappa shape index (κ3) is 5.89. The third-order valence-electron chi connectivity index (χ3n) is 8.27. The number of rotatable bonds is 8. The largest absolute Gasteiger partial charge is 0.429 e. The smallest absolute Gasteiger partial charge is 0.393 e. The van der Waals surface area contributed by atoms with Gasteiger partial charge in [0.15, 0.2) is 0 Å². The fourth-order valence-electron chi connectivity index (χ4n) is 6.49. The molecule has 0 saturated heterocycles. The first-order valence-corrected chi connectivity index (χ1v) is 11.7. The molecule has 0 spiro atoms. The Balaban J connectivity index is 2.35. The second kappa shape index (κ2) is 9.34. The van der Waals surface area contributed by atoms with Crippen LogP contribution < -0.4 is 0 Å². The van der Waals surface area contributed by atoms with Crippen molar-refractivity contribution in [3.05, 3.63) is 12.2 Å². The number of aliphatic hydroxyl groups is 3. The van der Waals surface area contributed by atoms with Crippen LogP contribution >= 0.6 is 0 Å². The molecule has 0 aromatic heterocycles. The number of halogens is 6. The van der Waals surface area contributed by atoms with E-state index in [0.717, 1.165) is 31.8 Å². The van der Waals surface area contributed by atoms with Crippen LogP contribution in [-0.2, 0) is 0 Å². The Labute approximate surface area is 192 Å². The summed E-state index contributed by atoms with van der Waals surface area (Å²) in [5.41, 5.74) is -6.76. The number of allylic oxidation sites excluding steroid dienone is 1. The minimum Gasteiger partial charge on any atom is -0.393 e. The number of fused-ring (bicyclic) bond motifs is 1. The number of hydrogen-bond donors (Lipinski definition) is 3. The first-order valence-electron chi connectivity index (χ1n) is 11.7. The summed E-state index contributed by atoms with van der Waals surface area (Å²) >= 11 is 0. The molecule has 3 N–H and O–H groups in total. The predicted molar refractivity (Wildman–Crippen MR) is 113 cm³/mol. The van der Waals surface area contributed by atoms with Gasteiger partial charge in [-0.3, -0.25) is 0 Å². The van der Waals surface area contributed by atoms with E-state index in [4.69, 9.17) is 0 Å². The Morgan fingerprint density at radius 1 is 0.909 bits per heavy atom. The fraction of sp³-hybridized carbons (Fsp3) is 0.917. The van der Waals surface area contributed by atoms with Crippen molar-refractivity contribution in [3.63, 3.8) is 0 Å². The van der Waals surface area contributed by atoms with Crippen molar-refractivity contribution in [2.24, 2.45) is 22.7 Å². The maximum absolute atomic E-state index is 13.1. The Kier molecular flexibility index (Phi) is 8.05. The second-order valence-corrected chi connectivity index (χ2v) is 11.4. The van der Waals surface area contributed by atoms with Crippen molar-refractivity contribution in [3.8, 4) is 0 Å². The van der Waals surface area contributed by atoms with Crippen LogP contribution in [-0.4, -0.2) is 45.0 Å². The van der Waals surface area contributed by atoms with Gasteiger partial charge in [-0.25, -0.2) is 0 Å². The van der Waals surface area contributed by atoms with Crippen molar-refractivity contribution in [1.29, 1.82) is 0 Å². The van der Waals surface area contributed by atoms with E-state index in [-0.39, 0.29) is 29.7 Å². The fourth-order valence-corrected chi connectivity index (χ4v) is 6.49. The highest BCUT2D eigenvalue weighted by Gasteiger charge is 2.69. The molecule has 3 nitrogen and oxygen atoms in total. The molecule has 0 aliphatic heterocycles. The van der Waals surface area contributed by atoms with Crippen LogP contribution in [0.3, 0.4) is 0 Å².